The second-order valence-electron chi connectivity index (χ2n) is 9.69. The van der Waals surface area contributed by atoms with Gasteiger partial charge in [0.2, 0.25) is 15.9 Å². The number of fused-ring (bicyclic) bond motifs is 3. The number of sulfonamides is 1. The topological polar surface area (TPSA) is 97.8 Å². The van der Waals surface area contributed by atoms with Gasteiger partial charge in [0.05, 0.1) is 15.8 Å². The highest BCUT2D eigenvalue weighted by molar-refractivity contribution is 7.90. The van der Waals surface area contributed by atoms with Crippen molar-refractivity contribution in [2.24, 2.45) is 11.8 Å². The Hall–Kier alpha value is -2.43. The molecule has 2 aromatic rings. The maximum absolute atomic E-state index is 12.3. The molecule has 1 N–H and O–H groups in total. The molecule has 188 valence electrons. The normalized spacial score (nSPS) is 21.9. The van der Waals surface area contributed by atoms with Crippen molar-refractivity contribution in [3.05, 3.63) is 40.9 Å². The van der Waals surface area contributed by atoms with Crippen LogP contribution in [0, 0.1) is 11.8 Å². The molecule has 0 bridgehead atoms. The Balaban J connectivity index is 1.03. The summed E-state index contributed by atoms with van der Waals surface area (Å²) in [6.45, 7) is 5.88. The van der Waals surface area contributed by atoms with Gasteiger partial charge in [-0.05, 0) is 82.5 Å². The van der Waals surface area contributed by atoms with Crippen LogP contribution in [0.3, 0.4) is 0 Å². The number of nitrogens with one attached hydrogen (secondary N) is 1. The third kappa shape index (κ3) is 5.70. The highest BCUT2D eigenvalue weighted by Gasteiger charge is 2.42. The number of nitrogens with zero attached hydrogens (tertiary/aromatic N) is 2. The van der Waals surface area contributed by atoms with Crippen molar-refractivity contribution in [1.82, 2.24) is 14.6 Å². The van der Waals surface area contributed by atoms with Crippen molar-refractivity contribution in [3.8, 4) is 16.7 Å². The Kier molecular flexibility index (Phi) is 6.87. The third-order valence-corrected chi connectivity index (χ3v) is 9.52. The van der Waals surface area contributed by atoms with Crippen LogP contribution in [0.5, 0.6) is 16.7 Å². The lowest BCUT2D eigenvalue weighted by molar-refractivity contribution is -0.124. The Morgan fingerprint density at radius 1 is 1.20 bits per heavy atom. The zero-order valence-electron chi connectivity index (χ0n) is 20.0. The number of carbonyl (C=O) groups excluding carboxylic acids is 1. The first kappa shape index (κ1) is 24.3. The van der Waals surface area contributed by atoms with E-state index in [0.29, 0.717) is 36.5 Å². The largest absolute Gasteiger partial charge is 0.492 e. The van der Waals surface area contributed by atoms with E-state index in [2.05, 4.69) is 26.8 Å². The summed E-state index contributed by atoms with van der Waals surface area (Å²) in [5.74, 6) is 2.12. The molecule has 1 aromatic carbocycles. The average molecular weight is 518 g/mol. The number of hydrogen-bond acceptors (Lipinski definition) is 8. The van der Waals surface area contributed by atoms with Crippen LogP contribution in [-0.2, 0) is 14.8 Å². The van der Waals surface area contributed by atoms with Crippen molar-refractivity contribution in [2.75, 3.05) is 26.2 Å². The van der Waals surface area contributed by atoms with Gasteiger partial charge >= 0.3 is 0 Å². The molecule has 1 saturated heterocycles. The van der Waals surface area contributed by atoms with Gasteiger partial charge in [-0.25, -0.2) is 13.4 Å². The summed E-state index contributed by atoms with van der Waals surface area (Å²) >= 11 is 1.59. The summed E-state index contributed by atoms with van der Waals surface area (Å²) in [5.41, 5.74) is 1.18. The van der Waals surface area contributed by atoms with Gasteiger partial charge < -0.3 is 9.47 Å². The number of carbonyl (C=O) groups is 1. The molecule has 35 heavy (non-hydrogen) atoms. The van der Waals surface area contributed by atoms with Gasteiger partial charge in [-0.3, -0.25) is 14.4 Å². The molecule has 0 radical (unpaired) electrons. The number of aromatic nitrogens is 1. The molecule has 2 aliphatic carbocycles. The van der Waals surface area contributed by atoms with Crippen molar-refractivity contribution >= 4 is 33.3 Å². The fraction of sp³-hybridized carbons (Fsp3) is 0.520. The molecule has 1 amide bonds. The molecule has 3 aliphatic rings. The number of piperidine rings is 1. The zero-order valence-corrected chi connectivity index (χ0v) is 21.6. The van der Waals surface area contributed by atoms with Crippen LogP contribution in [0.4, 0.5) is 0 Å². The maximum atomic E-state index is 12.3. The third-order valence-electron chi connectivity index (χ3n) is 6.87. The van der Waals surface area contributed by atoms with E-state index in [9.17, 15) is 13.2 Å². The molecule has 2 atom stereocenters. The molecule has 10 heteroatoms. The van der Waals surface area contributed by atoms with Crippen LogP contribution in [-0.4, -0.2) is 55.7 Å². The van der Waals surface area contributed by atoms with Gasteiger partial charge in [-0.1, -0.05) is 17.4 Å². The van der Waals surface area contributed by atoms with E-state index in [-0.39, 0.29) is 11.8 Å². The van der Waals surface area contributed by atoms with Crippen LogP contribution in [0.15, 0.2) is 30.3 Å². The van der Waals surface area contributed by atoms with Gasteiger partial charge in [0, 0.05) is 18.4 Å². The highest BCUT2D eigenvalue weighted by atomic mass is 32.2. The molecular weight excluding hydrogens is 486 g/mol. The van der Waals surface area contributed by atoms with E-state index in [0.717, 1.165) is 31.1 Å². The second-order valence-corrected chi connectivity index (χ2v) is 12.9. The molecule has 5 rings (SSSR count). The molecular formula is C25H31N3O5S2. The molecule has 0 spiro atoms. The minimum absolute atomic E-state index is 0.265. The summed E-state index contributed by atoms with van der Waals surface area (Å²) in [6, 6.07) is 7.57. The average Bonchev–Trinajstić information content (AvgIpc) is 3.52. The molecule has 1 aromatic heterocycles. The molecule has 2 unspecified atom stereocenters. The zero-order chi connectivity index (χ0) is 24.6. The van der Waals surface area contributed by atoms with Crippen LogP contribution in [0.1, 0.15) is 49.6 Å². The number of thiazole rings is 1. The van der Waals surface area contributed by atoms with Crippen LogP contribution < -0.4 is 14.2 Å². The van der Waals surface area contributed by atoms with Gasteiger partial charge in [0.15, 0.2) is 0 Å². The summed E-state index contributed by atoms with van der Waals surface area (Å²) in [6.07, 6.45) is 6.93. The number of hydrogen-bond donors (Lipinski definition) is 1. The highest BCUT2D eigenvalue weighted by Crippen LogP contribution is 2.54. The number of benzene rings is 1. The van der Waals surface area contributed by atoms with E-state index in [4.69, 9.17) is 9.47 Å². The number of rotatable bonds is 9. The van der Waals surface area contributed by atoms with Gasteiger partial charge in [-0.2, -0.15) is 0 Å². The van der Waals surface area contributed by atoms with E-state index in [1.54, 1.807) is 25.2 Å². The standard InChI is InChI=1S/C25H31N3O5S2/c1-16(2)35(30,31)27-24(29)17-9-11-28(12-10-17)13-14-32-19-4-6-20(7-5-19)33-25-26-23-21-15-18(21)3-8-22(23)34-25/h3-8,16-18,21H,9-15H2,1-2H3,(H,27,29). The lowest BCUT2D eigenvalue weighted by Crippen LogP contribution is -2.44. The first-order valence-corrected chi connectivity index (χ1v) is 14.5. The summed E-state index contributed by atoms with van der Waals surface area (Å²) in [5, 5.41) is 0.0598. The second kappa shape index (κ2) is 9.91. The number of allylic oxidation sites excluding steroid dienone is 1. The molecule has 2 fully saturated rings. The molecule has 1 saturated carbocycles. The quantitative estimate of drug-likeness (QED) is 0.537. The van der Waals surface area contributed by atoms with Gasteiger partial charge in [0.1, 0.15) is 18.1 Å². The minimum Gasteiger partial charge on any atom is -0.492 e. The predicted octanol–water partition coefficient (Wildman–Crippen LogP) is 4.01. The first-order chi connectivity index (χ1) is 16.8. The van der Waals surface area contributed by atoms with Crippen molar-refractivity contribution in [2.45, 2.75) is 44.3 Å². The number of ether oxygens (including phenoxy) is 2. The Labute approximate surface area is 210 Å². The molecule has 2 heterocycles. The lowest BCUT2D eigenvalue weighted by atomic mass is 9.96. The summed E-state index contributed by atoms with van der Waals surface area (Å²) < 4.78 is 37.9. The fourth-order valence-electron chi connectivity index (χ4n) is 4.46. The van der Waals surface area contributed by atoms with Crippen LogP contribution in [0.2, 0.25) is 0 Å². The van der Waals surface area contributed by atoms with E-state index >= 15 is 0 Å². The fourth-order valence-corrected chi connectivity index (χ4v) is 6.06. The lowest BCUT2D eigenvalue weighted by Gasteiger charge is -2.31. The van der Waals surface area contributed by atoms with Gasteiger partial charge in [-0.15, -0.1) is 0 Å². The Morgan fingerprint density at radius 3 is 2.63 bits per heavy atom. The van der Waals surface area contributed by atoms with Crippen molar-refractivity contribution in [3.63, 3.8) is 0 Å². The van der Waals surface area contributed by atoms with Crippen molar-refractivity contribution < 1.29 is 22.7 Å². The predicted molar refractivity (Wildman–Crippen MR) is 135 cm³/mol. The number of likely N-dealkylation sites (tertiary alicyclic amines) is 1. The van der Waals surface area contributed by atoms with E-state index < -0.39 is 15.3 Å². The van der Waals surface area contributed by atoms with Crippen LogP contribution in [0.25, 0.3) is 6.08 Å². The SMILES string of the molecule is CC(C)S(=O)(=O)NC(=O)C1CCN(CCOc2ccc(Oc3nc4c(s3)C=CC3CC43)cc2)CC1. The maximum Gasteiger partial charge on any atom is 0.279 e. The van der Waals surface area contributed by atoms with E-state index in [1.165, 1.54) is 17.0 Å². The van der Waals surface area contributed by atoms with Crippen LogP contribution >= 0.6 is 11.3 Å². The minimum atomic E-state index is -3.58. The Bertz CT molecular complexity index is 1200. The number of amides is 1. The Morgan fingerprint density at radius 2 is 1.91 bits per heavy atom. The summed E-state index contributed by atoms with van der Waals surface area (Å²) in [4.78, 5) is 20.4. The first-order valence-electron chi connectivity index (χ1n) is 12.2. The molecule has 8 nitrogen and oxygen atoms in total. The van der Waals surface area contributed by atoms with Crippen molar-refractivity contribution in [1.29, 1.82) is 0 Å². The molecule has 1 aliphatic heterocycles. The van der Waals surface area contributed by atoms with E-state index in [1.807, 2.05) is 24.3 Å². The summed E-state index contributed by atoms with van der Waals surface area (Å²) in [7, 11) is -3.58. The smallest absolute Gasteiger partial charge is 0.279 e. The van der Waals surface area contributed by atoms with Gasteiger partial charge in [0.25, 0.3) is 5.19 Å². The monoisotopic (exact) mass is 517 g/mol.